The van der Waals surface area contributed by atoms with Crippen LogP contribution in [0.2, 0.25) is 0 Å². The average Bonchev–Trinajstić information content (AvgIpc) is 3.11. The van der Waals surface area contributed by atoms with E-state index >= 15 is 0 Å². The molecule has 142 valence electrons. The highest BCUT2D eigenvalue weighted by molar-refractivity contribution is 5.94. The average molecular weight is 358 g/mol. The summed E-state index contributed by atoms with van der Waals surface area (Å²) in [6.45, 7) is 6.14. The Morgan fingerprint density at radius 1 is 1.38 bits per heavy atom. The molecule has 1 saturated heterocycles. The quantitative estimate of drug-likeness (QED) is 0.552. The number of nitrogens with zero attached hydrogens (tertiary/aromatic N) is 1. The van der Waals surface area contributed by atoms with Crippen molar-refractivity contribution in [3.05, 3.63) is 35.4 Å². The number of carbonyl (C=O) groups excluding carboxylic acids is 1. The second-order valence-electron chi connectivity index (χ2n) is 7.72. The minimum atomic E-state index is -0.0576. The van der Waals surface area contributed by atoms with Gasteiger partial charge in [0.1, 0.15) is 0 Å². The van der Waals surface area contributed by atoms with Crippen LogP contribution in [0.15, 0.2) is 29.3 Å². The van der Waals surface area contributed by atoms with Crippen LogP contribution < -0.4 is 16.0 Å². The molecular formula is C20H30N4O2. The standard InChI is InChI=1S/C20H30N4O2/c1-20(2)16(15-9-11-26-17(15)20)24-19(22-4)23-10-8-13-6-5-7-14(12-13)18(25)21-3/h5-7,12,15-17H,8-11H2,1-4H3,(H,21,25)(H2,22,23,24). The molecule has 26 heavy (non-hydrogen) atoms. The number of hydrogen-bond donors (Lipinski definition) is 3. The first-order chi connectivity index (χ1) is 12.5. The van der Waals surface area contributed by atoms with Crippen LogP contribution in [-0.4, -0.2) is 51.3 Å². The molecule has 6 nitrogen and oxygen atoms in total. The van der Waals surface area contributed by atoms with Crippen molar-refractivity contribution in [3.63, 3.8) is 0 Å². The Morgan fingerprint density at radius 3 is 2.92 bits per heavy atom. The molecule has 0 aromatic heterocycles. The SMILES string of the molecule is CN=C(NCCc1cccc(C(=O)NC)c1)NC1C2CCOC2C1(C)C. The number of amides is 1. The van der Waals surface area contributed by atoms with Crippen molar-refractivity contribution in [2.45, 2.75) is 38.8 Å². The van der Waals surface area contributed by atoms with E-state index in [9.17, 15) is 4.79 Å². The van der Waals surface area contributed by atoms with Crippen LogP contribution in [0.5, 0.6) is 0 Å². The summed E-state index contributed by atoms with van der Waals surface area (Å²) >= 11 is 0. The van der Waals surface area contributed by atoms with Crippen molar-refractivity contribution in [2.24, 2.45) is 16.3 Å². The lowest BCUT2D eigenvalue weighted by atomic mass is 9.57. The molecule has 2 fully saturated rings. The number of rotatable bonds is 5. The lowest BCUT2D eigenvalue weighted by Crippen LogP contribution is -2.68. The Labute approximate surface area is 155 Å². The number of hydrogen-bond acceptors (Lipinski definition) is 3. The number of fused-ring (bicyclic) bond motifs is 1. The minimum Gasteiger partial charge on any atom is -0.377 e. The molecule has 1 heterocycles. The molecule has 1 amide bonds. The van der Waals surface area contributed by atoms with Gasteiger partial charge in [-0.2, -0.15) is 0 Å². The minimum absolute atomic E-state index is 0.0576. The first kappa shape index (κ1) is 18.7. The number of carbonyl (C=O) groups is 1. The third-order valence-electron chi connectivity index (χ3n) is 5.74. The molecule has 6 heteroatoms. The van der Waals surface area contributed by atoms with Crippen LogP contribution in [0.1, 0.15) is 36.2 Å². The zero-order valence-corrected chi connectivity index (χ0v) is 16.1. The highest BCUT2D eigenvalue weighted by Gasteiger charge is 2.59. The summed E-state index contributed by atoms with van der Waals surface area (Å²) < 4.78 is 5.86. The van der Waals surface area contributed by atoms with E-state index in [4.69, 9.17) is 4.74 Å². The molecule has 0 spiro atoms. The van der Waals surface area contributed by atoms with Crippen LogP contribution in [0.3, 0.4) is 0 Å². The first-order valence-corrected chi connectivity index (χ1v) is 9.37. The van der Waals surface area contributed by atoms with Crippen LogP contribution in [0.25, 0.3) is 0 Å². The van der Waals surface area contributed by atoms with E-state index < -0.39 is 0 Å². The van der Waals surface area contributed by atoms with E-state index in [1.807, 2.05) is 24.3 Å². The maximum absolute atomic E-state index is 11.7. The summed E-state index contributed by atoms with van der Waals surface area (Å²) in [7, 11) is 3.45. The fraction of sp³-hybridized carbons (Fsp3) is 0.600. The van der Waals surface area contributed by atoms with Crippen LogP contribution >= 0.6 is 0 Å². The number of nitrogens with one attached hydrogen (secondary N) is 3. The molecule has 3 rings (SSSR count). The van der Waals surface area contributed by atoms with E-state index in [-0.39, 0.29) is 11.3 Å². The van der Waals surface area contributed by atoms with Gasteiger partial charge in [0.25, 0.3) is 5.91 Å². The van der Waals surface area contributed by atoms with Gasteiger partial charge >= 0.3 is 0 Å². The lowest BCUT2D eigenvalue weighted by Gasteiger charge is -2.54. The Bertz CT molecular complexity index is 686. The maximum Gasteiger partial charge on any atom is 0.251 e. The Kier molecular flexibility index (Phi) is 5.51. The smallest absolute Gasteiger partial charge is 0.251 e. The molecular weight excluding hydrogens is 328 g/mol. The molecule has 1 aliphatic heterocycles. The van der Waals surface area contributed by atoms with E-state index in [1.165, 1.54) is 0 Å². The van der Waals surface area contributed by atoms with E-state index in [2.05, 4.69) is 34.8 Å². The third-order valence-corrected chi connectivity index (χ3v) is 5.74. The summed E-state index contributed by atoms with van der Waals surface area (Å²) in [6, 6.07) is 8.11. The van der Waals surface area contributed by atoms with Crippen LogP contribution in [0.4, 0.5) is 0 Å². The predicted molar refractivity (Wildman–Crippen MR) is 103 cm³/mol. The molecule has 1 saturated carbocycles. The van der Waals surface area contributed by atoms with Gasteiger partial charge in [0.15, 0.2) is 5.96 Å². The van der Waals surface area contributed by atoms with Gasteiger partial charge in [0.2, 0.25) is 0 Å². The van der Waals surface area contributed by atoms with Crippen molar-refractivity contribution in [1.29, 1.82) is 0 Å². The molecule has 3 unspecified atom stereocenters. The van der Waals surface area contributed by atoms with Crippen molar-refractivity contribution in [3.8, 4) is 0 Å². The van der Waals surface area contributed by atoms with Gasteiger partial charge < -0.3 is 20.7 Å². The zero-order chi connectivity index (χ0) is 18.7. The normalized spacial score (nSPS) is 26.6. The van der Waals surface area contributed by atoms with E-state index in [0.717, 1.165) is 37.5 Å². The molecule has 3 N–H and O–H groups in total. The summed E-state index contributed by atoms with van der Waals surface area (Å²) in [5.74, 6) is 1.35. The fourth-order valence-corrected chi connectivity index (χ4v) is 4.30. The molecule has 1 aliphatic carbocycles. The first-order valence-electron chi connectivity index (χ1n) is 9.37. The van der Waals surface area contributed by atoms with Crippen LogP contribution in [-0.2, 0) is 11.2 Å². The molecule has 0 radical (unpaired) electrons. The largest absolute Gasteiger partial charge is 0.377 e. The second kappa shape index (κ2) is 7.66. The third kappa shape index (κ3) is 3.56. The maximum atomic E-state index is 11.7. The second-order valence-corrected chi connectivity index (χ2v) is 7.72. The number of benzene rings is 1. The Hall–Kier alpha value is -2.08. The van der Waals surface area contributed by atoms with Gasteiger partial charge in [0.05, 0.1) is 6.10 Å². The van der Waals surface area contributed by atoms with Crippen molar-refractivity contribution in [2.75, 3.05) is 27.2 Å². The monoisotopic (exact) mass is 358 g/mol. The van der Waals surface area contributed by atoms with E-state index in [0.29, 0.717) is 23.6 Å². The molecule has 1 aromatic rings. The Balaban J connectivity index is 1.52. The topological polar surface area (TPSA) is 74.8 Å². The summed E-state index contributed by atoms with van der Waals surface area (Å²) in [4.78, 5) is 16.1. The molecule has 0 bridgehead atoms. The van der Waals surface area contributed by atoms with Crippen molar-refractivity contribution in [1.82, 2.24) is 16.0 Å². The Morgan fingerprint density at radius 2 is 2.19 bits per heavy atom. The predicted octanol–water partition coefficient (Wildman–Crippen LogP) is 1.57. The highest BCUT2D eigenvalue weighted by Crippen LogP contribution is 2.52. The van der Waals surface area contributed by atoms with Gasteiger partial charge in [0, 0.05) is 50.2 Å². The number of guanidine groups is 1. The van der Waals surface area contributed by atoms with Crippen molar-refractivity contribution >= 4 is 11.9 Å². The zero-order valence-electron chi connectivity index (χ0n) is 16.1. The fourth-order valence-electron chi connectivity index (χ4n) is 4.30. The van der Waals surface area contributed by atoms with Gasteiger partial charge in [-0.1, -0.05) is 26.0 Å². The van der Waals surface area contributed by atoms with Crippen molar-refractivity contribution < 1.29 is 9.53 Å². The highest BCUT2D eigenvalue weighted by atomic mass is 16.5. The summed E-state index contributed by atoms with van der Waals surface area (Å²) in [5, 5.41) is 9.64. The van der Waals surface area contributed by atoms with Gasteiger partial charge in [-0.3, -0.25) is 9.79 Å². The summed E-state index contributed by atoms with van der Waals surface area (Å²) in [5.41, 5.74) is 1.94. The van der Waals surface area contributed by atoms with Gasteiger partial charge in [-0.15, -0.1) is 0 Å². The van der Waals surface area contributed by atoms with Crippen LogP contribution in [0, 0.1) is 11.3 Å². The number of ether oxygens (including phenoxy) is 1. The number of aliphatic imine (C=N–C) groups is 1. The summed E-state index contributed by atoms with van der Waals surface area (Å²) in [6.07, 6.45) is 2.31. The van der Waals surface area contributed by atoms with E-state index in [1.54, 1.807) is 14.1 Å². The molecule has 3 atom stereocenters. The lowest BCUT2D eigenvalue weighted by molar-refractivity contribution is -0.106. The molecule has 2 aliphatic rings. The molecule has 1 aromatic carbocycles. The van der Waals surface area contributed by atoms with Gasteiger partial charge in [-0.05, 0) is 30.5 Å². The van der Waals surface area contributed by atoms with Gasteiger partial charge in [-0.25, -0.2) is 0 Å².